The lowest BCUT2D eigenvalue weighted by Crippen LogP contribution is -2.46. The Hall–Kier alpha value is -3.46. The molecule has 8 nitrogen and oxygen atoms in total. The van der Waals surface area contributed by atoms with Crippen LogP contribution in [0.15, 0.2) is 59.7 Å². The van der Waals surface area contributed by atoms with Crippen molar-refractivity contribution in [2.24, 2.45) is 0 Å². The summed E-state index contributed by atoms with van der Waals surface area (Å²) in [5.41, 5.74) is 3.41. The monoisotopic (exact) mass is 491 g/mol. The van der Waals surface area contributed by atoms with Crippen LogP contribution in [0.25, 0.3) is 11.4 Å². The maximum Gasteiger partial charge on any atom is 0.258 e. The van der Waals surface area contributed by atoms with Crippen LogP contribution < -0.4 is 16.0 Å². The number of nitrogens with one attached hydrogen (secondary N) is 3. The second kappa shape index (κ2) is 9.65. The van der Waals surface area contributed by atoms with Gasteiger partial charge in [-0.15, -0.1) is 0 Å². The van der Waals surface area contributed by atoms with Gasteiger partial charge in [0, 0.05) is 49.9 Å². The van der Waals surface area contributed by atoms with Gasteiger partial charge in [0.2, 0.25) is 0 Å². The van der Waals surface area contributed by atoms with E-state index in [0.29, 0.717) is 50.8 Å². The molecule has 3 aliphatic rings. The lowest BCUT2D eigenvalue weighted by atomic mass is 10.0. The number of likely N-dealkylation sites (N-methyl/N-ethyl adjacent to an activating group) is 1. The van der Waals surface area contributed by atoms with E-state index < -0.39 is 0 Å². The molecule has 180 valence electrons. The maximum absolute atomic E-state index is 12.8. The van der Waals surface area contributed by atoms with E-state index in [0.717, 1.165) is 32.7 Å². The predicted octanol–water partition coefficient (Wildman–Crippen LogP) is 1.70. The summed E-state index contributed by atoms with van der Waals surface area (Å²) in [4.78, 5) is 42.8. The average molecular weight is 492 g/mol. The van der Waals surface area contributed by atoms with Crippen molar-refractivity contribution in [1.82, 2.24) is 25.8 Å². The van der Waals surface area contributed by atoms with Gasteiger partial charge in [-0.2, -0.15) is 0 Å². The van der Waals surface area contributed by atoms with Crippen molar-refractivity contribution in [3.8, 4) is 0 Å². The highest BCUT2D eigenvalue weighted by atomic mass is 35.5. The molecule has 0 unspecified atom stereocenters. The number of hydrogen-bond acceptors (Lipinski definition) is 5. The molecule has 0 saturated carbocycles. The number of hydrogen-bond donors (Lipinski definition) is 3. The van der Waals surface area contributed by atoms with Crippen LogP contribution in [0.2, 0.25) is 5.02 Å². The van der Waals surface area contributed by atoms with Crippen LogP contribution in [0.1, 0.15) is 21.5 Å². The molecule has 0 bridgehead atoms. The van der Waals surface area contributed by atoms with Crippen LogP contribution >= 0.6 is 11.6 Å². The van der Waals surface area contributed by atoms with Gasteiger partial charge >= 0.3 is 0 Å². The fraction of sp³-hybridized carbons (Fsp3) is 0.269. The van der Waals surface area contributed by atoms with E-state index in [2.05, 4.69) is 32.8 Å². The summed E-state index contributed by atoms with van der Waals surface area (Å²) >= 11 is 5.97. The molecule has 1 fully saturated rings. The second-order valence-corrected chi connectivity index (χ2v) is 9.33. The van der Waals surface area contributed by atoms with E-state index in [-0.39, 0.29) is 17.7 Å². The number of halogens is 1. The third-order valence-corrected chi connectivity index (χ3v) is 6.81. The van der Waals surface area contributed by atoms with Crippen molar-refractivity contribution in [3.05, 3.63) is 81.4 Å². The van der Waals surface area contributed by atoms with E-state index >= 15 is 0 Å². The van der Waals surface area contributed by atoms with Crippen molar-refractivity contribution >= 4 is 40.7 Å². The Kier molecular flexibility index (Phi) is 6.42. The molecule has 0 atom stereocenters. The zero-order valence-corrected chi connectivity index (χ0v) is 20.1. The van der Waals surface area contributed by atoms with Crippen LogP contribution in [0, 0.1) is 0 Å². The summed E-state index contributed by atoms with van der Waals surface area (Å²) in [6.07, 6.45) is 0. The molecule has 9 heteroatoms. The van der Waals surface area contributed by atoms with Gasteiger partial charge in [0.15, 0.2) is 0 Å². The van der Waals surface area contributed by atoms with Crippen molar-refractivity contribution in [2.75, 3.05) is 46.3 Å². The molecule has 3 N–H and O–H groups in total. The Morgan fingerprint density at radius 1 is 0.857 bits per heavy atom. The first-order valence-corrected chi connectivity index (χ1v) is 12.0. The van der Waals surface area contributed by atoms with Crippen LogP contribution in [0.5, 0.6) is 0 Å². The van der Waals surface area contributed by atoms with Gasteiger partial charge in [0.25, 0.3) is 17.7 Å². The highest BCUT2D eigenvalue weighted by Gasteiger charge is 2.40. The number of rotatable bonds is 6. The Morgan fingerprint density at radius 2 is 1.37 bits per heavy atom. The van der Waals surface area contributed by atoms with E-state index in [1.807, 2.05) is 0 Å². The number of amides is 3. The van der Waals surface area contributed by atoms with Gasteiger partial charge in [-0.05, 0) is 42.4 Å². The molecule has 5 rings (SSSR count). The largest absolute Gasteiger partial charge is 0.351 e. The fourth-order valence-corrected chi connectivity index (χ4v) is 4.65. The molecule has 0 spiro atoms. The molecular weight excluding hydrogens is 466 g/mol. The molecule has 35 heavy (non-hydrogen) atoms. The predicted molar refractivity (Wildman–Crippen MR) is 134 cm³/mol. The first-order chi connectivity index (χ1) is 16.9. The second-order valence-electron chi connectivity index (χ2n) is 8.89. The molecule has 2 aromatic carbocycles. The third-order valence-electron chi connectivity index (χ3n) is 6.56. The number of piperazine rings is 1. The smallest absolute Gasteiger partial charge is 0.258 e. The van der Waals surface area contributed by atoms with E-state index in [1.165, 1.54) is 0 Å². The number of carbonyl (C=O) groups excluding carboxylic acids is 3. The summed E-state index contributed by atoms with van der Waals surface area (Å²) in [5.74, 6) is -0.837. The van der Waals surface area contributed by atoms with Gasteiger partial charge in [-0.1, -0.05) is 35.9 Å². The summed E-state index contributed by atoms with van der Waals surface area (Å²) in [5, 5.41) is 9.17. The Bertz CT molecular complexity index is 1240. The molecule has 3 aliphatic heterocycles. The van der Waals surface area contributed by atoms with Gasteiger partial charge < -0.3 is 20.9 Å². The van der Waals surface area contributed by atoms with Crippen LogP contribution in [0.3, 0.4) is 0 Å². The number of fused-ring (bicyclic) bond motifs is 1. The summed E-state index contributed by atoms with van der Waals surface area (Å²) < 4.78 is 0. The molecular formula is C26H26ClN5O3. The number of carbonyl (C=O) groups is 3. The summed E-state index contributed by atoms with van der Waals surface area (Å²) in [6.45, 7) is 5.50. The Morgan fingerprint density at radius 3 is 1.91 bits per heavy atom. The topological polar surface area (TPSA) is 93.8 Å². The van der Waals surface area contributed by atoms with Gasteiger partial charge in [0.05, 0.1) is 22.5 Å². The summed E-state index contributed by atoms with van der Waals surface area (Å²) in [7, 11) is 2.12. The van der Waals surface area contributed by atoms with Crippen molar-refractivity contribution in [3.63, 3.8) is 0 Å². The first-order valence-electron chi connectivity index (χ1n) is 11.6. The molecule has 0 radical (unpaired) electrons. The lowest BCUT2D eigenvalue weighted by molar-refractivity contribution is -0.117. The normalized spacial score (nSPS) is 18.6. The molecule has 2 aromatic rings. The van der Waals surface area contributed by atoms with E-state index in [4.69, 9.17) is 11.6 Å². The SMILES string of the molecule is CN1CCN(CCNC(=O)c2ccc(C3=C4C(=O)NC(c5ccc(Cl)cc5)=C4C(=O)N3)cc2)CC1. The highest BCUT2D eigenvalue weighted by molar-refractivity contribution is 6.31. The van der Waals surface area contributed by atoms with Crippen molar-refractivity contribution in [2.45, 2.75) is 0 Å². The first kappa shape index (κ1) is 23.3. The zero-order valence-electron chi connectivity index (χ0n) is 19.4. The molecule has 1 saturated heterocycles. The average Bonchev–Trinajstić information content (AvgIpc) is 3.39. The molecule has 0 aromatic heterocycles. The van der Waals surface area contributed by atoms with Crippen LogP contribution in [-0.4, -0.2) is 73.8 Å². The fourth-order valence-electron chi connectivity index (χ4n) is 4.52. The number of nitrogens with zero attached hydrogens (tertiary/aromatic N) is 2. The van der Waals surface area contributed by atoms with Gasteiger partial charge in [0.1, 0.15) is 0 Å². The maximum atomic E-state index is 12.8. The lowest BCUT2D eigenvalue weighted by Gasteiger charge is -2.32. The van der Waals surface area contributed by atoms with Gasteiger partial charge in [-0.25, -0.2) is 0 Å². The third kappa shape index (κ3) is 4.73. The molecule has 3 heterocycles. The van der Waals surface area contributed by atoms with E-state index in [1.54, 1.807) is 48.5 Å². The Balaban J connectivity index is 1.29. The van der Waals surface area contributed by atoms with Crippen molar-refractivity contribution in [1.29, 1.82) is 0 Å². The minimum absolute atomic E-state index is 0.150. The van der Waals surface area contributed by atoms with Gasteiger partial charge in [-0.3, -0.25) is 19.3 Å². The quantitative estimate of drug-likeness (QED) is 0.572. The minimum Gasteiger partial charge on any atom is -0.351 e. The summed E-state index contributed by atoms with van der Waals surface area (Å²) in [6, 6.07) is 13.8. The standard InChI is InChI=1S/C26H26ClN5O3/c1-31-12-14-32(15-13-31)11-10-28-24(33)18-4-2-16(3-5-18)22-20-21(26(35)29-22)23(30-25(20)34)17-6-8-19(27)9-7-17/h2-9H,10-15H2,1H3,(H,28,33)(H,29,35)(H,30,34). The van der Waals surface area contributed by atoms with Crippen molar-refractivity contribution < 1.29 is 14.4 Å². The van der Waals surface area contributed by atoms with E-state index in [9.17, 15) is 14.4 Å². The zero-order chi connectivity index (χ0) is 24.5. The number of benzene rings is 2. The van der Waals surface area contributed by atoms with Crippen LogP contribution in [0.4, 0.5) is 0 Å². The minimum atomic E-state index is -0.343. The Labute approximate surface area is 208 Å². The van der Waals surface area contributed by atoms with Crippen LogP contribution in [-0.2, 0) is 9.59 Å². The molecule has 0 aliphatic carbocycles. The highest BCUT2D eigenvalue weighted by Crippen LogP contribution is 2.37. The molecule has 3 amide bonds.